The van der Waals surface area contributed by atoms with Crippen molar-refractivity contribution in [1.29, 1.82) is 0 Å². The molecule has 44 heavy (non-hydrogen) atoms. The third-order valence-corrected chi connectivity index (χ3v) is 7.14. The van der Waals surface area contributed by atoms with Crippen molar-refractivity contribution in [1.82, 2.24) is 0 Å². The highest BCUT2D eigenvalue weighted by Crippen LogP contribution is 2.36. The van der Waals surface area contributed by atoms with Gasteiger partial charge in [-0.2, -0.15) is 13.2 Å². The molecule has 3 rings (SSSR count). The Morgan fingerprint density at radius 2 is 1.77 bits per heavy atom. The number of halogens is 3. The van der Waals surface area contributed by atoms with Gasteiger partial charge in [-0.3, -0.25) is 4.79 Å². The van der Waals surface area contributed by atoms with Crippen LogP contribution in [0.5, 0.6) is 5.75 Å². The van der Waals surface area contributed by atoms with Gasteiger partial charge < -0.3 is 29.6 Å². The Hall–Kier alpha value is -3.94. The third kappa shape index (κ3) is 11.6. The van der Waals surface area contributed by atoms with Crippen molar-refractivity contribution in [2.75, 3.05) is 6.61 Å². The SMILES string of the molecule is O=C(CCCC=CC[C@@H]1[C@@H](C=C[C@@H](O)COc2cccc(C(F)(F)F)c2)[C@H](O)C[C@@H]1O)OCc1ccc(CO[N+](=O)[O-])cc1. The first-order chi connectivity index (χ1) is 20.9. The van der Waals surface area contributed by atoms with Gasteiger partial charge in [-0.1, -0.05) is 54.6 Å². The maximum Gasteiger partial charge on any atom is 0.416 e. The minimum absolute atomic E-state index is 0.0329. The lowest BCUT2D eigenvalue weighted by molar-refractivity contribution is -0.763. The van der Waals surface area contributed by atoms with E-state index in [9.17, 15) is 43.4 Å². The molecule has 13 heteroatoms. The summed E-state index contributed by atoms with van der Waals surface area (Å²) in [6.07, 6.45) is 1.50. The largest absolute Gasteiger partial charge is 0.491 e. The summed E-state index contributed by atoms with van der Waals surface area (Å²) < 4.78 is 49.2. The van der Waals surface area contributed by atoms with Crippen LogP contribution in [-0.4, -0.2) is 51.3 Å². The summed E-state index contributed by atoms with van der Waals surface area (Å²) in [7, 11) is 0. The second-order valence-electron chi connectivity index (χ2n) is 10.5. The predicted octanol–water partition coefficient (Wildman–Crippen LogP) is 4.93. The van der Waals surface area contributed by atoms with E-state index in [1.807, 2.05) is 12.2 Å². The molecule has 0 radical (unpaired) electrons. The van der Waals surface area contributed by atoms with Gasteiger partial charge in [-0.25, -0.2) is 0 Å². The zero-order valence-corrected chi connectivity index (χ0v) is 23.8. The normalized spacial score (nSPS) is 21.0. The number of nitrogens with zero attached hydrogens (tertiary/aromatic N) is 1. The van der Waals surface area contributed by atoms with Crippen LogP contribution in [0.1, 0.15) is 48.8 Å². The second-order valence-corrected chi connectivity index (χ2v) is 10.5. The third-order valence-electron chi connectivity index (χ3n) is 7.14. The number of hydrogen-bond donors (Lipinski definition) is 3. The number of aliphatic hydroxyl groups excluding tert-OH is 3. The maximum absolute atomic E-state index is 12.9. The Balaban J connectivity index is 1.36. The lowest BCUT2D eigenvalue weighted by Gasteiger charge is -2.19. The molecule has 2 aromatic rings. The monoisotopic (exact) mass is 623 g/mol. The number of benzene rings is 2. The van der Waals surface area contributed by atoms with Crippen molar-refractivity contribution in [3.63, 3.8) is 0 Å². The molecule has 1 aliphatic rings. The van der Waals surface area contributed by atoms with E-state index in [1.165, 1.54) is 18.2 Å². The second kappa shape index (κ2) is 16.8. The molecule has 1 saturated carbocycles. The van der Waals surface area contributed by atoms with Crippen LogP contribution >= 0.6 is 0 Å². The van der Waals surface area contributed by atoms with Gasteiger partial charge in [-0.15, -0.1) is 10.1 Å². The number of ether oxygens (including phenoxy) is 2. The molecule has 2 aromatic carbocycles. The Kier molecular flexibility index (Phi) is 13.2. The van der Waals surface area contributed by atoms with E-state index in [4.69, 9.17) is 9.47 Å². The molecule has 0 amide bonds. The molecule has 0 saturated heterocycles. The highest BCUT2D eigenvalue weighted by Gasteiger charge is 2.39. The van der Waals surface area contributed by atoms with Gasteiger partial charge in [0.25, 0.3) is 5.09 Å². The molecule has 0 heterocycles. The zero-order valence-electron chi connectivity index (χ0n) is 23.8. The number of allylic oxidation sites excluding steroid dienone is 2. The van der Waals surface area contributed by atoms with E-state index in [0.717, 1.165) is 17.7 Å². The number of aliphatic hydroxyl groups is 3. The summed E-state index contributed by atoms with van der Waals surface area (Å²) >= 11 is 0. The smallest absolute Gasteiger partial charge is 0.416 e. The van der Waals surface area contributed by atoms with E-state index in [-0.39, 0.29) is 50.3 Å². The van der Waals surface area contributed by atoms with Crippen LogP contribution in [0, 0.1) is 22.0 Å². The minimum atomic E-state index is -4.51. The van der Waals surface area contributed by atoms with Crippen molar-refractivity contribution in [2.45, 2.75) is 69.8 Å². The number of unbranched alkanes of at least 4 members (excludes halogenated alkanes) is 1. The molecule has 1 aliphatic carbocycles. The van der Waals surface area contributed by atoms with E-state index >= 15 is 0 Å². The van der Waals surface area contributed by atoms with Crippen molar-refractivity contribution in [3.8, 4) is 5.75 Å². The van der Waals surface area contributed by atoms with E-state index < -0.39 is 41.1 Å². The summed E-state index contributed by atoms with van der Waals surface area (Å²) in [6, 6.07) is 11.0. The van der Waals surface area contributed by atoms with Crippen LogP contribution in [0.15, 0.2) is 72.8 Å². The predicted molar refractivity (Wildman–Crippen MR) is 151 cm³/mol. The number of hydrogen-bond acceptors (Lipinski definition) is 9. The van der Waals surface area contributed by atoms with Crippen LogP contribution in [0.25, 0.3) is 0 Å². The van der Waals surface area contributed by atoms with Crippen molar-refractivity contribution < 1.29 is 52.7 Å². The fourth-order valence-electron chi connectivity index (χ4n) is 4.79. The molecule has 240 valence electrons. The molecular formula is C31H36F3NO9. The van der Waals surface area contributed by atoms with Gasteiger partial charge in [0.15, 0.2) is 0 Å². The van der Waals surface area contributed by atoms with E-state index in [0.29, 0.717) is 24.8 Å². The molecule has 0 unspecified atom stereocenters. The fraction of sp³-hybridized carbons (Fsp3) is 0.452. The molecule has 5 atom stereocenters. The molecule has 0 aromatic heterocycles. The Bertz CT molecular complexity index is 1270. The van der Waals surface area contributed by atoms with Crippen LogP contribution in [-0.2, 0) is 33.8 Å². The van der Waals surface area contributed by atoms with E-state index in [1.54, 1.807) is 30.3 Å². The van der Waals surface area contributed by atoms with Crippen LogP contribution in [0.2, 0.25) is 0 Å². The van der Waals surface area contributed by atoms with Gasteiger partial charge in [-0.05, 0) is 54.5 Å². The number of carbonyl (C=O) groups is 1. The van der Waals surface area contributed by atoms with Crippen LogP contribution in [0.3, 0.4) is 0 Å². The van der Waals surface area contributed by atoms with Crippen molar-refractivity contribution >= 4 is 5.97 Å². The average molecular weight is 624 g/mol. The summed E-state index contributed by atoms with van der Waals surface area (Å²) in [6.45, 7) is -0.371. The number of alkyl halides is 3. The first-order valence-corrected chi connectivity index (χ1v) is 14.1. The summed E-state index contributed by atoms with van der Waals surface area (Å²) in [5.74, 6) is -1.15. The highest BCUT2D eigenvalue weighted by atomic mass is 19.4. The molecule has 10 nitrogen and oxygen atoms in total. The van der Waals surface area contributed by atoms with Gasteiger partial charge in [0.1, 0.15) is 31.7 Å². The number of carbonyl (C=O) groups excluding carboxylic acids is 1. The van der Waals surface area contributed by atoms with Crippen molar-refractivity contribution in [3.05, 3.63) is 99.6 Å². The quantitative estimate of drug-likeness (QED) is 0.0778. The Labute approximate surface area is 252 Å². The zero-order chi connectivity index (χ0) is 32.1. The van der Waals surface area contributed by atoms with Gasteiger partial charge in [0, 0.05) is 18.8 Å². The maximum atomic E-state index is 12.9. The Morgan fingerprint density at radius 3 is 2.45 bits per heavy atom. The standard InChI is InChI=1S/C31H36F3NO9/c32-31(33,34)23-6-5-7-25(16-23)42-20-24(36)14-15-27-26(28(37)17-29(27)38)8-3-1-2-4-9-30(39)43-18-21-10-12-22(13-11-21)19-44-35(40)41/h1,3,5-7,10-16,24,26-29,36-38H,2,4,8-9,17-20H2/t24-,26-,27-,28+,29-/m1/s1. The molecule has 1 fully saturated rings. The highest BCUT2D eigenvalue weighted by molar-refractivity contribution is 5.69. The Morgan fingerprint density at radius 1 is 1.07 bits per heavy atom. The lowest BCUT2D eigenvalue weighted by atomic mass is 9.89. The van der Waals surface area contributed by atoms with Crippen LogP contribution in [0.4, 0.5) is 13.2 Å². The number of esters is 1. The van der Waals surface area contributed by atoms with Crippen LogP contribution < -0.4 is 4.74 Å². The lowest BCUT2D eigenvalue weighted by Crippen LogP contribution is -2.21. The van der Waals surface area contributed by atoms with Gasteiger partial charge >= 0.3 is 12.1 Å². The summed E-state index contributed by atoms with van der Waals surface area (Å²) in [5, 5.41) is 40.5. The minimum Gasteiger partial charge on any atom is -0.491 e. The average Bonchev–Trinajstić information content (AvgIpc) is 3.25. The first-order valence-electron chi connectivity index (χ1n) is 14.1. The fourth-order valence-corrected chi connectivity index (χ4v) is 4.79. The van der Waals surface area contributed by atoms with E-state index in [2.05, 4.69) is 4.84 Å². The van der Waals surface area contributed by atoms with Gasteiger partial charge in [0.05, 0.1) is 17.8 Å². The van der Waals surface area contributed by atoms with Gasteiger partial charge in [0.2, 0.25) is 0 Å². The topological polar surface area (TPSA) is 149 Å². The van der Waals surface area contributed by atoms with Crippen molar-refractivity contribution in [2.24, 2.45) is 11.8 Å². The summed E-state index contributed by atoms with van der Waals surface area (Å²) in [5.41, 5.74) is 0.494. The number of rotatable bonds is 16. The first kappa shape index (κ1) is 34.5. The molecule has 3 N–H and O–H groups in total. The molecule has 0 aliphatic heterocycles. The molecule has 0 spiro atoms. The molecule has 0 bridgehead atoms. The summed E-state index contributed by atoms with van der Waals surface area (Å²) in [4.78, 5) is 26.6. The molecular weight excluding hydrogens is 587 g/mol.